The number of carbonyl (C=O) groups is 1. The third kappa shape index (κ3) is 5.27. The van der Waals surface area contributed by atoms with Crippen molar-refractivity contribution in [2.24, 2.45) is 5.73 Å². The molecule has 1 rings (SSSR count). The second-order valence-corrected chi connectivity index (χ2v) is 5.49. The molecule has 4 nitrogen and oxygen atoms in total. The van der Waals surface area contributed by atoms with E-state index < -0.39 is 0 Å². The molecule has 18 heavy (non-hydrogen) atoms. The monoisotopic (exact) mass is 250 g/mol. The van der Waals surface area contributed by atoms with Crippen LogP contribution in [0, 0.1) is 0 Å². The van der Waals surface area contributed by atoms with Crippen molar-refractivity contribution in [2.45, 2.75) is 52.2 Å². The predicted octanol–water partition coefficient (Wildman–Crippen LogP) is 2.57. The van der Waals surface area contributed by atoms with Crippen molar-refractivity contribution in [3.63, 3.8) is 0 Å². The summed E-state index contributed by atoms with van der Waals surface area (Å²) in [6, 6.07) is 1.73. The number of nitrogens with two attached hydrogens (primary N) is 1. The van der Waals surface area contributed by atoms with E-state index in [1.54, 1.807) is 18.5 Å². The van der Waals surface area contributed by atoms with Gasteiger partial charge in [0.2, 0.25) is 0 Å². The standard InChI is InChI=1S/C14H22N2O2/c1-10(2)18-12-7-11(8-16-9-12)13(17)5-6-14(3,4)15/h7-10H,5-6,15H2,1-4H3. The van der Waals surface area contributed by atoms with Crippen LogP contribution in [0.2, 0.25) is 0 Å². The van der Waals surface area contributed by atoms with Crippen LogP contribution in [-0.2, 0) is 0 Å². The highest BCUT2D eigenvalue weighted by Gasteiger charge is 2.15. The Morgan fingerprint density at radius 2 is 2.11 bits per heavy atom. The van der Waals surface area contributed by atoms with Crippen molar-refractivity contribution in [3.8, 4) is 5.75 Å². The molecule has 1 heterocycles. The maximum Gasteiger partial charge on any atom is 0.164 e. The van der Waals surface area contributed by atoms with Gasteiger partial charge in [0.05, 0.1) is 12.3 Å². The van der Waals surface area contributed by atoms with Crippen LogP contribution < -0.4 is 10.5 Å². The molecule has 1 aromatic heterocycles. The molecule has 0 radical (unpaired) electrons. The first-order valence-corrected chi connectivity index (χ1v) is 6.22. The summed E-state index contributed by atoms with van der Waals surface area (Å²) in [4.78, 5) is 16.0. The van der Waals surface area contributed by atoms with Gasteiger partial charge in [-0.2, -0.15) is 0 Å². The Labute approximate surface area is 109 Å². The van der Waals surface area contributed by atoms with Gasteiger partial charge in [-0.3, -0.25) is 9.78 Å². The summed E-state index contributed by atoms with van der Waals surface area (Å²) in [7, 11) is 0. The van der Waals surface area contributed by atoms with Gasteiger partial charge in [-0.15, -0.1) is 0 Å². The minimum atomic E-state index is -0.324. The Morgan fingerprint density at radius 3 is 2.67 bits per heavy atom. The molecule has 0 saturated carbocycles. The van der Waals surface area contributed by atoms with E-state index in [0.29, 0.717) is 24.2 Å². The molecular formula is C14H22N2O2. The molecule has 0 fully saturated rings. The number of hydrogen-bond acceptors (Lipinski definition) is 4. The third-order valence-corrected chi connectivity index (χ3v) is 2.40. The zero-order valence-electron chi connectivity index (χ0n) is 11.6. The summed E-state index contributed by atoms with van der Waals surface area (Å²) < 4.78 is 5.51. The van der Waals surface area contributed by atoms with Gasteiger partial charge in [-0.1, -0.05) is 0 Å². The summed E-state index contributed by atoms with van der Waals surface area (Å²) >= 11 is 0. The third-order valence-electron chi connectivity index (χ3n) is 2.40. The maximum absolute atomic E-state index is 12.0. The molecule has 0 spiro atoms. The van der Waals surface area contributed by atoms with Gasteiger partial charge < -0.3 is 10.5 Å². The number of Topliss-reactive ketones (excluding diaryl/α,β-unsaturated/α-hetero) is 1. The van der Waals surface area contributed by atoms with Crippen molar-refractivity contribution in [1.82, 2.24) is 4.98 Å². The van der Waals surface area contributed by atoms with E-state index in [4.69, 9.17) is 10.5 Å². The topological polar surface area (TPSA) is 65.2 Å². The Morgan fingerprint density at radius 1 is 1.44 bits per heavy atom. The Kier molecular flexibility index (Phi) is 4.84. The molecule has 1 aromatic rings. The number of rotatable bonds is 6. The summed E-state index contributed by atoms with van der Waals surface area (Å²) in [5.74, 6) is 0.679. The lowest BCUT2D eigenvalue weighted by Crippen LogP contribution is -2.32. The van der Waals surface area contributed by atoms with Gasteiger partial charge in [0.15, 0.2) is 5.78 Å². The molecule has 0 aliphatic heterocycles. The van der Waals surface area contributed by atoms with Crippen molar-refractivity contribution in [2.75, 3.05) is 0 Å². The van der Waals surface area contributed by atoms with Crippen LogP contribution in [0.15, 0.2) is 18.5 Å². The van der Waals surface area contributed by atoms with E-state index in [9.17, 15) is 4.79 Å². The molecule has 4 heteroatoms. The predicted molar refractivity (Wildman–Crippen MR) is 71.8 cm³/mol. The van der Waals surface area contributed by atoms with E-state index in [2.05, 4.69) is 4.98 Å². The SMILES string of the molecule is CC(C)Oc1cncc(C(=O)CCC(C)(C)N)c1. The highest BCUT2D eigenvalue weighted by Crippen LogP contribution is 2.16. The number of aromatic nitrogens is 1. The van der Waals surface area contributed by atoms with Gasteiger partial charge in [-0.25, -0.2) is 0 Å². The molecule has 100 valence electrons. The fourth-order valence-corrected chi connectivity index (χ4v) is 1.49. The normalized spacial score (nSPS) is 11.7. The lowest BCUT2D eigenvalue weighted by atomic mass is 9.96. The lowest BCUT2D eigenvalue weighted by molar-refractivity contribution is 0.0971. The Hall–Kier alpha value is -1.42. The van der Waals surface area contributed by atoms with Crippen LogP contribution in [0.4, 0.5) is 0 Å². The zero-order valence-corrected chi connectivity index (χ0v) is 11.6. The van der Waals surface area contributed by atoms with Gasteiger partial charge in [0.25, 0.3) is 0 Å². The van der Waals surface area contributed by atoms with Crippen molar-refractivity contribution >= 4 is 5.78 Å². The summed E-state index contributed by atoms with van der Waals surface area (Å²) in [5.41, 5.74) is 6.12. The highest BCUT2D eigenvalue weighted by molar-refractivity contribution is 5.96. The van der Waals surface area contributed by atoms with E-state index in [-0.39, 0.29) is 17.4 Å². The molecule has 0 bridgehead atoms. The summed E-state index contributed by atoms with van der Waals surface area (Å²) in [5, 5.41) is 0. The van der Waals surface area contributed by atoms with Crippen LogP contribution >= 0.6 is 0 Å². The molecule has 0 aromatic carbocycles. The molecule has 0 aliphatic carbocycles. The first kappa shape index (κ1) is 14.6. The molecular weight excluding hydrogens is 228 g/mol. The first-order valence-electron chi connectivity index (χ1n) is 6.22. The summed E-state index contributed by atoms with van der Waals surface area (Å²) in [6.45, 7) is 7.70. The number of ketones is 1. The quantitative estimate of drug-likeness (QED) is 0.788. The van der Waals surface area contributed by atoms with Crippen LogP contribution in [0.5, 0.6) is 5.75 Å². The maximum atomic E-state index is 12.0. The van der Waals surface area contributed by atoms with Crippen LogP contribution in [0.25, 0.3) is 0 Å². The average Bonchev–Trinajstić information content (AvgIpc) is 2.24. The Bertz CT molecular complexity index is 409. The second kappa shape index (κ2) is 5.96. The highest BCUT2D eigenvalue weighted by atomic mass is 16.5. The molecule has 2 N–H and O–H groups in total. The van der Waals surface area contributed by atoms with E-state index in [0.717, 1.165) is 0 Å². The van der Waals surface area contributed by atoms with Gasteiger partial charge in [-0.05, 0) is 40.2 Å². The second-order valence-electron chi connectivity index (χ2n) is 5.49. The fourth-order valence-electron chi connectivity index (χ4n) is 1.49. The first-order chi connectivity index (χ1) is 8.28. The molecule has 0 atom stereocenters. The molecule has 0 aliphatic rings. The number of hydrogen-bond donors (Lipinski definition) is 1. The number of carbonyl (C=O) groups excluding carboxylic acids is 1. The van der Waals surface area contributed by atoms with Crippen molar-refractivity contribution in [1.29, 1.82) is 0 Å². The van der Waals surface area contributed by atoms with E-state index in [1.165, 1.54) is 0 Å². The summed E-state index contributed by atoms with van der Waals surface area (Å²) in [6.07, 6.45) is 4.33. The fraction of sp³-hybridized carbons (Fsp3) is 0.571. The lowest BCUT2D eigenvalue weighted by Gasteiger charge is -2.17. The van der Waals surface area contributed by atoms with Crippen molar-refractivity contribution < 1.29 is 9.53 Å². The largest absolute Gasteiger partial charge is 0.489 e. The molecule has 0 saturated heterocycles. The Balaban J connectivity index is 2.68. The van der Waals surface area contributed by atoms with Crippen molar-refractivity contribution in [3.05, 3.63) is 24.0 Å². The van der Waals surface area contributed by atoms with E-state index in [1.807, 2.05) is 27.7 Å². The van der Waals surface area contributed by atoms with Crippen LogP contribution in [0.1, 0.15) is 50.9 Å². The van der Waals surface area contributed by atoms with Gasteiger partial charge >= 0.3 is 0 Å². The number of pyridine rings is 1. The molecule has 0 unspecified atom stereocenters. The minimum Gasteiger partial charge on any atom is -0.489 e. The minimum absolute atomic E-state index is 0.0511. The number of ether oxygens (including phenoxy) is 1. The molecule has 0 amide bonds. The van der Waals surface area contributed by atoms with Gasteiger partial charge in [0, 0.05) is 23.7 Å². The van der Waals surface area contributed by atoms with Gasteiger partial charge in [0.1, 0.15) is 5.75 Å². The average molecular weight is 250 g/mol. The van der Waals surface area contributed by atoms with Crippen LogP contribution in [-0.4, -0.2) is 22.4 Å². The number of nitrogens with zero attached hydrogens (tertiary/aromatic N) is 1. The smallest absolute Gasteiger partial charge is 0.164 e. The van der Waals surface area contributed by atoms with E-state index >= 15 is 0 Å². The van der Waals surface area contributed by atoms with Crippen LogP contribution in [0.3, 0.4) is 0 Å². The zero-order chi connectivity index (χ0) is 13.8.